The Morgan fingerprint density at radius 2 is 2.07 bits per heavy atom. The summed E-state index contributed by atoms with van der Waals surface area (Å²) in [5.41, 5.74) is 3.97. The van der Waals surface area contributed by atoms with E-state index >= 15 is 0 Å². The third-order valence-electron chi connectivity index (χ3n) is 6.18. The van der Waals surface area contributed by atoms with E-state index in [2.05, 4.69) is 72.1 Å². The average molecular weight is 410 g/mol. The van der Waals surface area contributed by atoms with E-state index in [9.17, 15) is 5.26 Å². The lowest BCUT2D eigenvalue weighted by atomic mass is 9.68. The molecule has 2 nitrogen and oxygen atoms in total. The van der Waals surface area contributed by atoms with Gasteiger partial charge in [-0.1, -0.05) is 36.4 Å². The Hall–Kier alpha value is -1.57. The summed E-state index contributed by atoms with van der Waals surface area (Å²) in [6.45, 7) is 0. The maximum absolute atomic E-state index is 10.1. The Morgan fingerprint density at radius 1 is 1.18 bits per heavy atom. The summed E-state index contributed by atoms with van der Waals surface area (Å²) in [5, 5.41) is 10.7. The molecule has 0 radical (unpaired) electrons. The Bertz CT molecular complexity index is 840. The summed E-state index contributed by atoms with van der Waals surface area (Å²) in [7, 11) is 1.73. The van der Waals surface area contributed by atoms with Crippen molar-refractivity contribution in [1.29, 1.82) is 5.26 Å². The number of benzene rings is 2. The van der Waals surface area contributed by atoms with Crippen molar-refractivity contribution in [3.63, 3.8) is 0 Å². The summed E-state index contributed by atoms with van der Waals surface area (Å²) in [4.78, 5) is 0. The fraction of sp³-hybridized carbons (Fsp3) is 0.458. The zero-order valence-electron chi connectivity index (χ0n) is 16.3. The highest BCUT2D eigenvalue weighted by Crippen LogP contribution is 2.45. The van der Waals surface area contributed by atoms with E-state index < -0.39 is 0 Å². The maximum Gasteiger partial charge on any atom is 0.119 e. The van der Waals surface area contributed by atoms with Crippen LogP contribution in [0.2, 0.25) is 0 Å². The number of fused-ring (bicyclic) bond motifs is 1. The highest BCUT2D eigenvalue weighted by molar-refractivity contribution is 8.06. The summed E-state index contributed by atoms with van der Waals surface area (Å²) in [6.07, 6.45) is 3.24. The monoisotopic (exact) mass is 409 g/mol. The van der Waals surface area contributed by atoms with Gasteiger partial charge in [-0.05, 0) is 59.9 Å². The van der Waals surface area contributed by atoms with Crippen molar-refractivity contribution in [2.24, 2.45) is 11.8 Å². The second-order valence-electron chi connectivity index (χ2n) is 7.71. The Labute approximate surface area is 177 Å². The van der Waals surface area contributed by atoms with Gasteiger partial charge in [0.25, 0.3) is 0 Å². The summed E-state index contributed by atoms with van der Waals surface area (Å²) >= 11 is 4.21. The van der Waals surface area contributed by atoms with E-state index in [-0.39, 0.29) is 5.92 Å². The number of methoxy groups -OCH3 is 1. The van der Waals surface area contributed by atoms with Gasteiger partial charge in [0, 0.05) is 22.5 Å². The number of ether oxygens (including phenoxy) is 1. The highest BCUT2D eigenvalue weighted by atomic mass is 32.2. The molecule has 2 aliphatic rings. The molecule has 0 amide bonds. The van der Waals surface area contributed by atoms with Crippen LogP contribution < -0.4 is 4.74 Å². The zero-order valence-corrected chi connectivity index (χ0v) is 18.0. The molecule has 146 valence electrons. The van der Waals surface area contributed by atoms with Crippen LogP contribution in [0.4, 0.5) is 0 Å². The van der Waals surface area contributed by atoms with Crippen molar-refractivity contribution < 1.29 is 4.74 Å². The van der Waals surface area contributed by atoms with Gasteiger partial charge >= 0.3 is 0 Å². The minimum absolute atomic E-state index is 0.00749. The van der Waals surface area contributed by atoms with Crippen molar-refractivity contribution in [3.05, 3.63) is 65.2 Å². The topological polar surface area (TPSA) is 33.0 Å². The van der Waals surface area contributed by atoms with E-state index in [0.29, 0.717) is 17.1 Å². The average Bonchev–Trinajstić information content (AvgIpc) is 2.77. The van der Waals surface area contributed by atoms with Crippen LogP contribution in [-0.2, 0) is 12.8 Å². The van der Waals surface area contributed by atoms with Gasteiger partial charge in [-0.3, -0.25) is 0 Å². The first kappa shape index (κ1) is 19.7. The van der Waals surface area contributed by atoms with Crippen molar-refractivity contribution in [2.45, 2.75) is 30.4 Å². The number of thioether (sulfide) groups is 2. The molecule has 1 aliphatic heterocycles. The minimum Gasteiger partial charge on any atom is -0.497 e. The normalized spacial score (nSPS) is 25.4. The molecule has 2 aromatic carbocycles. The molecule has 1 heterocycles. The number of nitriles is 1. The number of hydrogen-bond acceptors (Lipinski definition) is 4. The molecule has 0 bridgehead atoms. The van der Waals surface area contributed by atoms with Crippen LogP contribution >= 0.6 is 23.5 Å². The minimum atomic E-state index is 0.00749. The van der Waals surface area contributed by atoms with Gasteiger partial charge in [-0.25, -0.2) is 0 Å². The van der Waals surface area contributed by atoms with Gasteiger partial charge in [0.2, 0.25) is 0 Å². The fourth-order valence-corrected chi connectivity index (χ4v) is 7.82. The quantitative estimate of drug-likeness (QED) is 0.646. The molecule has 4 unspecified atom stereocenters. The van der Waals surface area contributed by atoms with Crippen LogP contribution in [0.1, 0.15) is 29.0 Å². The molecule has 1 aliphatic carbocycles. The number of nitrogens with zero attached hydrogens (tertiary/aromatic N) is 1. The van der Waals surface area contributed by atoms with Crippen molar-refractivity contribution in [2.75, 3.05) is 24.4 Å². The fourth-order valence-electron chi connectivity index (χ4n) is 4.79. The smallest absolute Gasteiger partial charge is 0.119 e. The van der Waals surface area contributed by atoms with E-state index in [1.165, 1.54) is 33.9 Å². The van der Waals surface area contributed by atoms with E-state index in [1.54, 1.807) is 7.11 Å². The number of aryl methyl sites for hydroxylation is 1. The van der Waals surface area contributed by atoms with Crippen molar-refractivity contribution in [1.82, 2.24) is 0 Å². The van der Waals surface area contributed by atoms with Crippen LogP contribution in [0, 0.1) is 23.2 Å². The van der Waals surface area contributed by atoms with Gasteiger partial charge in [-0.2, -0.15) is 28.8 Å². The van der Waals surface area contributed by atoms with Gasteiger partial charge in [-0.15, -0.1) is 0 Å². The molecule has 0 saturated carbocycles. The molecular weight excluding hydrogens is 382 g/mol. The molecule has 0 spiro atoms. The summed E-state index contributed by atoms with van der Waals surface area (Å²) in [6, 6.07) is 19.8. The summed E-state index contributed by atoms with van der Waals surface area (Å²) in [5.74, 6) is 5.55. The van der Waals surface area contributed by atoms with Crippen molar-refractivity contribution in [3.8, 4) is 11.8 Å². The molecule has 1 saturated heterocycles. The molecule has 4 atom stereocenters. The van der Waals surface area contributed by atoms with Gasteiger partial charge in [0.1, 0.15) is 5.75 Å². The standard InChI is InChI=1S/C24H27NOS2/c1-26-19-7-4-5-17(13-19)14-22(24-16-27-11-12-28-24)21-10-9-18-6-2-3-8-20(18)23(21)15-25/h2-8,13,21-24H,9-12,14,16H2,1H3. The Balaban J connectivity index is 1.65. The molecule has 0 N–H and O–H groups in total. The largest absolute Gasteiger partial charge is 0.497 e. The molecule has 1 fully saturated rings. The van der Waals surface area contributed by atoms with Crippen LogP contribution in [0.5, 0.6) is 5.75 Å². The van der Waals surface area contributed by atoms with E-state index in [0.717, 1.165) is 25.0 Å². The second kappa shape index (κ2) is 9.29. The van der Waals surface area contributed by atoms with Crippen LogP contribution in [0.3, 0.4) is 0 Å². The first-order valence-corrected chi connectivity index (χ1v) is 12.3. The van der Waals surface area contributed by atoms with E-state index in [1.807, 2.05) is 6.07 Å². The first-order chi connectivity index (χ1) is 13.8. The number of hydrogen-bond donors (Lipinski definition) is 0. The third-order valence-corrected chi connectivity index (χ3v) is 9.12. The predicted octanol–water partition coefficient (Wildman–Crippen LogP) is 5.57. The first-order valence-electron chi connectivity index (χ1n) is 10.1. The van der Waals surface area contributed by atoms with Crippen LogP contribution in [0.15, 0.2) is 48.5 Å². The third kappa shape index (κ3) is 4.21. The van der Waals surface area contributed by atoms with Gasteiger partial charge in [0.05, 0.1) is 19.1 Å². The lowest BCUT2D eigenvalue weighted by Gasteiger charge is -2.40. The Morgan fingerprint density at radius 3 is 2.86 bits per heavy atom. The van der Waals surface area contributed by atoms with Gasteiger partial charge in [0.15, 0.2) is 0 Å². The van der Waals surface area contributed by atoms with Crippen molar-refractivity contribution >= 4 is 23.5 Å². The van der Waals surface area contributed by atoms with E-state index in [4.69, 9.17) is 4.74 Å². The maximum atomic E-state index is 10.1. The zero-order chi connectivity index (χ0) is 19.3. The molecule has 4 heteroatoms. The second-order valence-corrected chi connectivity index (χ2v) is 10.2. The molecule has 0 aromatic heterocycles. The lowest BCUT2D eigenvalue weighted by Crippen LogP contribution is -2.37. The van der Waals surface area contributed by atoms with Crippen LogP contribution in [-0.4, -0.2) is 29.6 Å². The van der Waals surface area contributed by atoms with Gasteiger partial charge < -0.3 is 4.74 Å². The lowest BCUT2D eigenvalue weighted by molar-refractivity contribution is 0.275. The van der Waals surface area contributed by atoms with Crippen LogP contribution in [0.25, 0.3) is 0 Å². The Kier molecular flexibility index (Phi) is 6.54. The molecule has 28 heavy (non-hydrogen) atoms. The molecule has 2 aromatic rings. The SMILES string of the molecule is COc1cccc(CC(C2CSCCS2)C2CCc3ccccc3C2C#N)c1. The highest BCUT2D eigenvalue weighted by Gasteiger charge is 2.39. The molecular formula is C24H27NOS2. The summed E-state index contributed by atoms with van der Waals surface area (Å²) < 4.78 is 5.45. The predicted molar refractivity (Wildman–Crippen MR) is 120 cm³/mol. The number of rotatable bonds is 5. The molecule has 4 rings (SSSR count).